The van der Waals surface area contributed by atoms with Crippen molar-refractivity contribution in [1.82, 2.24) is 0 Å². The van der Waals surface area contributed by atoms with Gasteiger partial charge < -0.3 is 60.4 Å². The second-order valence-corrected chi connectivity index (χ2v) is 6.24. The summed E-state index contributed by atoms with van der Waals surface area (Å²) in [5.74, 6) is -0.794. The van der Waals surface area contributed by atoms with E-state index in [1.54, 1.807) is 0 Å². The lowest BCUT2D eigenvalue weighted by atomic mass is 9.98. The maximum absolute atomic E-state index is 11.1. The number of esters is 1. The number of hydrogen-bond donors (Lipinski definition) is 8. The first-order valence-corrected chi connectivity index (χ1v) is 8.22. The van der Waals surface area contributed by atoms with Crippen molar-refractivity contribution in [2.24, 2.45) is 5.73 Å². The molecule has 0 amide bonds. The Labute approximate surface area is 153 Å². The van der Waals surface area contributed by atoms with Gasteiger partial charge in [-0.1, -0.05) is 0 Å². The fourth-order valence-electron chi connectivity index (χ4n) is 2.71. The van der Waals surface area contributed by atoms with E-state index in [1.807, 2.05) is 0 Å². The molecular weight excluding hydrogens is 374 g/mol. The molecule has 0 aliphatic carbocycles. The van der Waals surface area contributed by atoms with Gasteiger partial charge in [-0.2, -0.15) is 0 Å². The topological polar surface area (TPSA) is 222 Å². The number of rotatable bonds is 6. The highest BCUT2D eigenvalue weighted by molar-refractivity contribution is 5.71. The van der Waals surface area contributed by atoms with Gasteiger partial charge in [0.1, 0.15) is 55.4 Å². The number of aliphatic hydroxyl groups excluding tert-OH is 7. The zero-order valence-corrected chi connectivity index (χ0v) is 14.1. The minimum atomic E-state index is -1.78. The van der Waals surface area contributed by atoms with Gasteiger partial charge in [-0.3, -0.25) is 4.79 Å². The normalized spacial score (nSPS) is 45.5. The number of hydrogen-bond acceptors (Lipinski definition) is 13. The van der Waals surface area contributed by atoms with Gasteiger partial charge in [-0.15, -0.1) is 0 Å². The standard InChI is InChI=1S/C14H25NO12/c15-1-6(17)24-3-5-8(19)10(21)12(23)14(26-5)27-13-11(22)9(20)7(18)4(2-16)25-13/h4-5,7-14,16,18-23H,1-3,15H2/t4?,5?,7-,8-,9?,10+,11-,12?,13-,14-/m1/s1. The van der Waals surface area contributed by atoms with E-state index in [2.05, 4.69) is 0 Å². The van der Waals surface area contributed by atoms with Gasteiger partial charge in [0.05, 0.1) is 13.2 Å². The monoisotopic (exact) mass is 399 g/mol. The molecule has 10 atom stereocenters. The number of carbonyl (C=O) groups is 1. The Morgan fingerprint density at radius 3 is 1.78 bits per heavy atom. The molecule has 13 nitrogen and oxygen atoms in total. The quantitative estimate of drug-likeness (QED) is 0.195. The van der Waals surface area contributed by atoms with Gasteiger partial charge in [0.2, 0.25) is 0 Å². The lowest BCUT2D eigenvalue weighted by Crippen LogP contribution is -2.63. The van der Waals surface area contributed by atoms with Gasteiger partial charge in [-0.25, -0.2) is 0 Å². The Bertz CT molecular complexity index is 493. The van der Waals surface area contributed by atoms with Crippen LogP contribution in [0.2, 0.25) is 0 Å². The van der Waals surface area contributed by atoms with E-state index in [0.29, 0.717) is 0 Å². The van der Waals surface area contributed by atoms with Crippen molar-refractivity contribution < 1.29 is 59.5 Å². The van der Waals surface area contributed by atoms with Gasteiger partial charge in [-0.05, 0) is 0 Å². The molecule has 0 spiro atoms. The molecule has 2 fully saturated rings. The third-order valence-electron chi connectivity index (χ3n) is 4.36. The highest BCUT2D eigenvalue weighted by Gasteiger charge is 2.49. The van der Waals surface area contributed by atoms with E-state index in [9.17, 15) is 35.4 Å². The lowest BCUT2D eigenvalue weighted by Gasteiger charge is -2.44. The number of ether oxygens (including phenoxy) is 4. The number of nitrogens with two attached hydrogens (primary N) is 1. The predicted molar refractivity (Wildman–Crippen MR) is 81.5 cm³/mol. The largest absolute Gasteiger partial charge is 0.462 e. The molecule has 13 heteroatoms. The first-order valence-electron chi connectivity index (χ1n) is 8.22. The molecule has 9 N–H and O–H groups in total. The van der Waals surface area contributed by atoms with E-state index in [4.69, 9.17) is 29.8 Å². The Hall–Kier alpha value is -0.970. The summed E-state index contributed by atoms with van der Waals surface area (Å²) >= 11 is 0. The van der Waals surface area contributed by atoms with Crippen LogP contribution in [-0.4, -0.2) is 123 Å². The van der Waals surface area contributed by atoms with Gasteiger partial charge in [0, 0.05) is 0 Å². The molecule has 2 aliphatic heterocycles. The third kappa shape index (κ3) is 4.90. The first-order chi connectivity index (χ1) is 12.7. The summed E-state index contributed by atoms with van der Waals surface area (Å²) < 4.78 is 20.3. The Balaban J connectivity index is 2.05. The smallest absolute Gasteiger partial charge is 0.319 e. The molecule has 2 rings (SSSR count). The van der Waals surface area contributed by atoms with E-state index >= 15 is 0 Å². The van der Waals surface area contributed by atoms with E-state index < -0.39 is 87.1 Å². The van der Waals surface area contributed by atoms with Crippen LogP contribution in [0, 0.1) is 0 Å². The zero-order chi connectivity index (χ0) is 20.3. The molecule has 158 valence electrons. The Morgan fingerprint density at radius 1 is 0.815 bits per heavy atom. The summed E-state index contributed by atoms with van der Waals surface area (Å²) in [5, 5.41) is 68.5. The van der Waals surface area contributed by atoms with Crippen LogP contribution in [0.25, 0.3) is 0 Å². The first kappa shape index (κ1) is 22.3. The number of aliphatic hydroxyl groups is 7. The van der Waals surface area contributed by atoms with E-state index in [-0.39, 0.29) is 0 Å². The van der Waals surface area contributed by atoms with Crippen molar-refractivity contribution in [3.05, 3.63) is 0 Å². The number of carbonyl (C=O) groups excluding carboxylic acids is 1. The van der Waals surface area contributed by atoms with Gasteiger partial charge in [0.15, 0.2) is 12.6 Å². The molecular formula is C14H25NO12. The summed E-state index contributed by atoms with van der Waals surface area (Å²) in [5.41, 5.74) is 5.09. The van der Waals surface area contributed by atoms with Crippen LogP contribution < -0.4 is 5.73 Å². The van der Waals surface area contributed by atoms with E-state index in [0.717, 1.165) is 0 Å². The molecule has 2 saturated heterocycles. The molecule has 2 aliphatic rings. The van der Waals surface area contributed by atoms with Crippen LogP contribution in [0.15, 0.2) is 0 Å². The summed E-state index contributed by atoms with van der Waals surface area (Å²) in [7, 11) is 0. The molecule has 4 unspecified atom stereocenters. The lowest BCUT2D eigenvalue weighted by molar-refractivity contribution is -0.376. The summed E-state index contributed by atoms with van der Waals surface area (Å²) in [6, 6.07) is 0. The van der Waals surface area contributed by atoms with Crippen LogP contribution >= 0.6 is 0 Å². The summed E-state index contributed by atoms with van der Waals surface area (Å²) in [6.07, 6.45) is -16.1. The van der Waals surface area contributed by atoms with Gasteiger partial charge >= 0.3 is 5.97 Å². The van der Waals surface area contributed by atoms with Gasteiger partial charge in [0.25, 0.3) is 0 Å². The van der Waals surface area contributed by atoms with Crippen LogP contribution in [0.3, 0.4) is 0 Å². The summed E-state index contributed by atoms with van der Waals surface area (Å²) in [6.45, 7) is -1.62. The van der Waals surface area contributed by atoms with Crippen LogP contribution in [0.4, 0.5) is 0 Å². The minimum Gasteiger partial charge on any atom is -0.462 e. The van der Waals surface area contributed by atoms with Crippen molar-refractivity contribution in [2.45, 2.75) is 61.4 Å². The molecule has 0 radical (unpaired) electrons. The predicted octanol–water partition coefficient (Wildman–Crippen LogP) is -5.89. The highest BCUT2D eigenvalue weighted by atomic mass is 16.8. The van der Waals surface area contributed by atoms with Crippen molar-refractivity contribution >= 4 is 5.97 Å². The minimum absolute atomic E-state index is 0.418. The zero-order valence-electron chi connectivity index (χ0n) is 14.1. The van der Waals surface area contributed by atoms with Crippen LogP contribution in [0.5, 0.6) is 0 Å². The maximum Gasteiger partial charge on any atom is 0.319 e. The second-order valence-electron chi connectivity index (χ2n) is 6.24. The fraction of sp³-hybridized carbons (Fsp3) is 0.929. The van der Waals surface area contributed by atoms with Crippen molar-refractivity contribution in [1.29, 1.82) is 0 Å². The fourth-order valence-corrected chi connectivity index (χ4v) is 2.71. The second kappa shape index (κ2) is 9.49. The summed E-state index contributed by atoms with van der Waals surface area (Å²) in [4.78, 5) is 11.1. The van der Waals surface area contributed by atoms with Crippen molar-refractivity contribution in [2.75, 3.05) is 19.8 Å². The molecule has 0 aromatic carbocycles. The molecule has 0 saturated carbocycles. The average Bonchev–Trinajstić information content (AvgIpc) is 2.67. The molecule has 2 heterocycles. The van der Waals surface area contributed by atoms with Crippen LogP contribution in [0.1, 0.15) is 0 Å². The van der Waals surface area contributed by atoms with Crippen molar-refractivity contribution in [3.8, 4) is 0 Å². The Morgan fingerprint density at radius 2 is 1.30 bits per heavy atom. The Kier molecular flexibility index (Phi) is 7.84. The highest BCUT2D eigenvalue weighted by Crippen LogP contribution is 2.28. The molecule has 0 bridgehead atoms. The van der Waals surface area contributed by atoms with Crippen LogP contribution in [-0.2, 0) is 23.7 Å². The molecule has 0 aromatic heterocycles. The SMILES string of the molecule is NCC(=O)OCC1O[C@H](O[C@H]2OC(CO)[C@@H](O)C(O)[C@H]2O)C(O)[C@@H](O)[C@@H]1O. The average molecular weight is 399 g/mol. The maximum atomic E-state index is 11.1. The van der Waals surface area contributed by atoms with Crippen molar-refractivity contribution in [3.63, 3.8) is 0 Å². The third-order valence-corrected chi connectivity index (χ3v) is 4.36. The molecule has 0 aromatic rings. The molecule has 27 heavy (non-hydrogen) atoms. The van der Waals surface area contributed by atoms with E-state index in [1.165, 1.54) is 0 Å².